The minimum atomic E-state index is -0.120. The molecule has 0 radical (unpaired) electrons. The number of amides is 1. The molecule has 1 N–H and O–H groups in total. The maximum atomic E-state index is 12.7. The Bertz CT molecular complexity index is 1100. The molecule has 5 nitrogen and oxygen atoms in total. The molecule has 1 aliphatic heterocycles. The largest absolute Gasteiger partial charge is 0.356 e. The van der Waals surface area contributed by atoms with Gasteiger partial charge in [0.1, 0.15) is 11.0 Å². The molecule has 0 aliphatic carbocycles. The average molecular weight is 453 g/mol. The Hall–Kier alpha value is -2.57. The molecule has 160 valence electrons. The Morgan fingerprint density at radius 3 is 2.65 bits per heavy atom. The fraction of sp³-hybridized carbons (Fsp3) is 0.292. The molecule has 2 heterocycles. The van der Waals surface area contributed by atoms with E-state index in [-0.39, 0.29) is 5.91 Å². The number of thioether (sulfide) groups is 1. The zero-order valence-corrected chi connectivity index (χ0v) is 19.3. The minimum absolute atomic E-state index is 0.120. The van der Waals surface area contributed by atoms with Gasteiger partial charge in [0, 0.05) is 36.2 Å². The molecule has 3 aromatic rings. The number of benzene rings is 2. The molecule has 1 aliphatic rings. The summed E-state index contributed by atoms with van der Waals surface area (Å²) in [6, 6.07) is 15.4. The van der Waals surface area contributed by atoms with Crippen LogP contribution in [0.15, 0.2) is 53.7 Å². The fourth-order valence-corrected chi connectivity index (χ4v) is 4.55. The summed E-state index contributed by atoms with van der Waals surface area (Å²) in [4.78, 5) is 24.0. The number of anilines is 2. The van der Waals surface area contributed by atoms with Gasteiger partial charge in [-0.3, -0.25) is 4.79 Å². The van der Waals surface area contributed by atoms with Gasteiger partial charge in [0.15, 0.2) is 5.16 Å². The summed E-state index contributed by atoms with van der Waals surface area (Å²) in [6.07, 6.45) is 2.36. The number of hydrogen-bond donors (Lipinski definition) is 1. The van der Waals surface area contributed by atoms with Crippen molar-refractivity contribution < 1.29 is 4.79 Å². The first kappa shape index (κ1) is 21.7. The number of nitrogens with zero attached hydrogens (tertiary/aromatic N) is 3. The summed E-state index contributed by atoms with van der Waals surface area (Å²) >= 11 is 7.75. The van der Waals surface area contributed by atoms with Gasteiger partial charge < -0.3 is 10.2 Å². The predicted molar refractivity (Wildman–Crippen MR) is 128 cm³/mol. The number of carbonyl (C=O) groups excluding carboxylic acids is 1. The molecule has 0 atom stereocenters. The van der Waals surface area contributed by atoms with Crippen LogP contribution in [0.5, 0.6) is 0 Å². The van der Waals surface area contributed by atoms with Crippen LogP contribution >= 0.6 is 23.4 Å². The first-order valence-corrected chi connectivity index (χ1v) is 11.7. The highest BCUT2D eigenvalue weighted by molar-refractivity contribution is 7.98. The van der Waals surface area contributed by atoms with Crippen LogP contribution in [0.25, 0.3) is 0 Å². The monoisotopic (exact) mass is 452 g/mol. The van der Waals surface area contributed by atoms with Crippen molar-refractivity contribution in [1.29, 1.82) is 0 Å². The van der Waals surface area contributed by atoms with Gasteiger partial charge in [-0.25, -0.2) is 9.97 Å². The van der Waals surface area contributed by atoms with Crippen LogP contribution in [0.2, 0.25) is 5.15 Å². The van der Waals surface area contributed by atoms with Gasteiger partial charge in [-0.2, -0.15) is 0 Å². The van der Waals surface area contributed by atoms with Gasteiger partial charge in [-0.15, -0.1) is 0 Å². The summed E-state index contributed by atoms with van der Waals surface area (Å²) in [5, 5.41) is 4.09. The Morgan fingerprint density at radius 2 is 1.87 bits per heavy atom. The van der Waals surface area contributed by atoms with E-state index in [1.165, 1.54) is 30.2 Å². The number of halogens is 1. The summed E-state index contributed by atoms with van der Waals surface area (Å²) in [7, 11) is 0. The first-order chi connectivity index (χ1) is 15.0. The lowest BCUT2D eigenvalue weighted by Crippen LogP contribution is -2.19. The molecule has 1 fully saturated rings. The van der Waals surface area contributed by atoms with Crippen molar-refractivity contribution in [1.82, 2.24) is 9.97 Å². The highest BCUT2D eigenvalue weighted by atomic mass is 35.5. The average Bonchev–Trinajstić information content (AvgIpc) is 3.30. The second-order valence-corrected chi connectivity index (χ2v) is 9.10. The lowest BCUT2D eigenvalue weighted by Gasteiger charge is -2.16. The van der Waals surface area contributed by atoms with E-state index in [1.54, 1.807) is 0 Å². The van der Waals surface area contributed by atoms with Crippen molar-refractivity contribution in [2.45, 2.75) is 37.6 Å². The number of nitrogens with one attached hydrogen (secondary N) is 1. The summed E-state index contributed by atoms with van der Waals surface area (Å²) in [5.41, 5.74) is 4.81. The molecule has 1 saturated heterocycles. The van der Waals surface area contributed by atoms with Crippen LogP contribution < -0.4 is 10.2 Å². The standard InChI is InChI=1S/C24H25ClN4OS/c1-16-8-9-20(12-17(16)2)26-23(30)19-7-5-6-18(13-19)15-31-24-27-21(25)14-22(28-24)29-10-3-4-11-29/h5-9,12-14H,3-4,10-11,15H2,1-2H3,(H,26,30). The van der Waals surface area contributed by atoms with Crippen LogP contribution in [0.1, 0.15) is 39.9 Å². The first-order valence-electron chi connectivity index (χ1n) is 10.4. The van der Waals surface area contributed by atoms with Crippen LogP contribution in [-0.2, 0) is 5.75 Å². The van der Waals surface area contributed by atoms with Crippen LogP contribution in [-0.4, -0.2) is 29.0 Å². The zero-order valence-electron chi connectivity index (χ0n) is 17.7. The quantitative estimate of drug-likeness (QED) is 0.287. The molecule has 31 heavy (non-hydrogen) atoms. The molecule has 0 bridgehead atoms. The SMILES string of the molecule is Cc1ccc(NC(=O)c2cccc(CSc3nc(Cl)cc(N4CCCC4)n3)c2)cc1C. The van der Waals surface area contributed by atoms with Gasteiger partial charge in [0.25, 0.3) is 5.91 Å². The van der Waals surface area contributed by atoms with Gasteiger partial charge in [-0.05, 0) is 67.6 Å². The normalized spacial score (nSPS) is 13.5. The second kappa shape index (κ2) is 9.71. The molecule has 0 saturated carbocycles. The molecule has 0 spiro atoms. The number of aromatic nitrogens is 2. The van der Waals surface area contributed by atoms with Gasteiger partial charge >= 0.3 is 0 Å². The number of carbonyl (C=O) groups is 1. The number of rotatable bonds is 6. The molecule has 1 aromatic heterocycles. The van der Waals surface area contributed by atoms with Crippen molar-refractivity contribution in [2.24, 2.45) is 0 Å². The summed E-state index contributed by atoms with van der Waals surface area (Å²) in [5.74, 6) is 1.43. The number of hydrogen-bond acceptors (Lipinski definition) is 5. The van der Waals surface area contributed by atoms with E-state index in [1.807, 2.05) is 55.5 Å². The third kappa shape index (κ3) is 5.57. The molecule has 4 rings (SSSR count). The highest BCUT2D eigenvalue weighted by Crippen LogP contribution is 2.26. The van der Waals surface area contributed by atoms with E-state index in [4.69, 9.17) is 11.6 Å². The van der Waals surface area contributed by atoms with E-state index >= 15 is 0 Å². The molecule has 0 unspecified atom stereocenters. The van der Waals surface area contributed by atoms with Crippen molar-refractivity contribution in [2.75, 3.05) is 23.3 Å². The van der Waals surface area contributed by atoms with E-state index in [0.29, 0.717) is 21.6 Å². The molecule has 7 heteroatoms. The summed E-state index contributed by atoms with van der Waals surface area (Å²) < 4.78 is 0. The summed E-state index contributed by atoms with van der Waals surface area (Å²) in [6.45, 7) is 6.11. The molecule has 1 amide bonds. The third-order valence-electron chi connectivity index (χ3n) is 5.41. The number of aryl methyl sites for hydroxylation is 2. The minimum Gasteiger partial charge on any atom is -0.356 e. The lowest BCUT2D eigenvalue weighted by atomic mass is 10.1. The van der Waals surface area contributed by atoms with Gasteiger partial charge in [-0.1, -0.05) is 41.6 Å². The van der Waals surface area contributed by atoms with Crippen molar-refractivity contribution in [3.05, 3.63) is 75.9 Å². The Morgan fingerprint density at radius 1 is 1.06 bits per heavy atom. The Balaban J connectivity index is 1.42. The topological polar surface area (TPSA) is 58.1 Å². The molecular weight excluding hydrogens is 428 g/mol. The van der Waals surface area contributed by atoms with Crippen molar-refractivity contribution in [3.63, 3.8) is 0 Å². The Kier molecular flexibility index (Phi) is 6.78. The van der Waals surface area contributed by atoms with Crippen LogP contribution in [0.4, 0.5) is 11.5 Å². The van der Waals surface area contributed by atoms with Crippen LogP contribution in [0.3, 0.4) is 0 Å². The van der Waals surface area contributed by atoms with Gasteiger partial charge in [0.05, 0.1) is 0 Å². The van der Waals surface area contributed by atoms with E-state index in [2.05, 4.69) is 27.1 Å². The van der Waals surface area contributed by atoms with E-state index in [9.17, 15) is 4.79 Å². The lowest BCUT2D eigenvalue weighted by molar-refractivity contribution is 0.102. The predicted octanol–water partition coefficient (Wildman–Crippen LogP) is 5.89. The fourth-order valence-electron chi connectivity index (χ4n) is 3.53. The third-order valence-corrected chi connectivity index (χ3v) is 6.52. The Labute approximate surface area is 192 Å². The van der Waals surface area contributed by atoms with Gasteiger partial charge in [0.2, 0.25) is 0 Å². The smallest absolute Gasteiger partial charge is 0.255 e. The maximum absolute atomic E-state index is 12.7. The maximum Gasteiger partial charge on any atom is 0.255 e. The highest BCUT2D eigenvalue weighted by Gasteiger charge is 2.16. The van der Waals surface area contributed by atoms with E-state index < -0.39 is 0 Å². The van der Waals surface area contributed by atoms with Crippen LogP contribution in [0, 0.1) is 13.8 Å². The van der Waals surface area contributed by atoms with Crippen molar-refractivity contribution in [3.8, 4) is 0 Å². The molecular formula is C24H25ClN4OS. The van der Waals surface area contributed by atoms with E-state index in [0.717, 1.165) is 35.7 Å². The molecule has 2 aromatic carbocycles. The van der Waals surface area contributed by atoms with Crippen molar-refractivity contribution >= 4 is 40.8 Å². The second-order valence-electron chi connectivity index (χ2n) is 7.77. The zero-order chi connectivity index (χ0) is 21.8.